The Kier molecular flexibility index (Phi) is 34.3. The fourth-order valence-corrected chi connectivity index (χ4v) is 21.9. The van der Waals surface area contributed by atoms with Crippen LogP contribution in [0.5, 0.6) is 0 Å². The number of esters is 2. The number of terminal acetylenes is 1. The first kappa shape index (κ1) is 90.4. The molecule has 5 aromatic heterocycles. The fourth-order valence-electron chi connectivity index (χ4n) is 13.9. The lowest BCUT2D eigenvalue weighted by Crippen LogP contribution is -2.67. The summed E-state index contributed by atoms with van der Waals surface area (Å²) in [6.45, 7) is 19.4. The van der Waals surface area contributed by atoms with Crippen LogP contribution in [0.4, 0.5) is 0 Å². The number of benzene rings is 2. The molecule has 38 heteroatoms. The van der Waals surface area contributed by atoms with Gasteiger partial charge in [-0.2, -0.15) is 0 Å². The molecule has 4 unspecified atom stereocenters. The van der Waals surface area contributed by atoms with Gasteiger partial charge < -0.3 is 42.3 Å². The van der Waals surface area contributed by atoms with Gasteiger partial charge in [-0.3, -0.25) is 71.7 Å². The lowest BCUT2D eigenvalue weighted by molar-refractivity contribution is -0.153. The van der Waals surface area contributed by atoms with E-state index in [4.69, 9.17) is 54.3 Å². The van der Waals surface area contributed by atoms with Crippen molar-refractivity contribution in [1.82, 2.24) is 53.2 Å². The number of carbonyl (C=O) groups excluding carboxylic acids is 2. The van der Waals surface area contributed by atoms with Gasteiger partial charge in [0.1, 0.15) is 55.1 Å². The number of aromatic nitrogens is 11. The van der Waals surface area contributed by atoms with E-state index < -0.39 is 103 Å². The van der Waals surface area contributed by atoms with Crippen molar-refractivity contribution in [1.29, 1.82) is 0 Å². The first-order valence-corrected chi connectivity index (χ1v) is 45.2. The molecular formula is C77H102N14O19S4Si. The molecule has 12 atom stereocenters. The van der Waals surface area contributed by atoms with Gasteiger partial charge in [0.05, 0.1) is 62.2 Å². The van der Waals surface area contributed by atoms with Crippen LogP contribution in [0.3, 0.4) is 0 Å². The van der Waals surface area contributed by atoms with Gasteiger partial charge in [0, 0.05) is 108 Å². The van der Waals surface area contributed by atoms with Gasteiger partial charge in [0.25, 0.3) is 30.6 Å². The van der Waals surface area contributed by atoms with Crippen LogP contribution in [0, 0.1) is 40.0 Å². The van der Waals surface area contributed by atoms with Crippen molar-refractivity contribution in [3.8, 4) is 12.3 Å². The van der Waals surface area contributed by atoms with Gasteiger partial charge in [0.2, 0.25) is 0 Å². The third-order valence-electron chi connectivity index (χ3n) is 19.8. The number of carbonyl (C=O) groups is 2. The van der Waals surface area contributed by atoms with Crippen LogP contribution in [0.25, 0.3) is 10.4 Å². The summed E-state index contributed by atoms with van der Waals surface area (Å²) in [5.41, 5.74) is 6.88. The van der Waals surface area contributed by atoms with Gasteiger partial charge in [-0.25, -0.2) is 19.2 Å². The molecular weight excluding hydrogens is 1580 g/mol. The van der Waals surface area contributed by atoms with Crippen LogP contribution in [0.2, 0.25) is 5.04 Å². The highest BCUT2D eigenvalue weighted by atomic mass is 33.1. The number of H-pyrrole nitrogens is 4. The Hall–Kier alpha value is -8.55. The van der Waals surface area contributed by atoms with Crippen LogP contribution in [-0.2, 0) is 64.9 Å². The van der Waals surface area contributed by atoms with Crippen LogP contribution in [0.1, 0.15) is 171 Å². The van der Waals surface area contributed by atoms with Crippen molar-refractivity contribution in [3.05, 3.63) is 213 Å². The standard InChI is InChI=1S/C46H59N7O10S2Si.C17H24N2O4S2.C14H19N5O5/c1-7-35-36(23-39(61-35)52-25-30(2)42(55)47-44(52)57)59-29-65-64-22-14-15-32-27-51(50-49-32)21-20-41(54)63-37-24-40(53-26-31(3)43(56)48-45(53)58)62-38(37)28-60-66(46(4,5)6,33-16-10-8-11-17-33)34-18-12-9-13-19-34;1-4-6-7-8-24-25-11-22-14-9-15(23-13(14)5-2)19-10-12(3)16(20)18-17(19)21;1-3-9-10(24-12(20)4-5-16-18-15)6-11(23-9)19-7-8(2)13(21)17-14(19)22/h8-13,16-19,25-27,35-40H,7,14-15,20-24,28-29H2,1-6H3,(H,47,55,57)(H,48,56,58);1,10,13-15H,5-9,11H2,2-3H3,(H,18,20,21);7,9-11H,3-6H2,1-2H3,(H,17,21,22)/t35-,36?,37?,38+,39-,40+;13-,14?,15-;9-,10?,11-/m111/s1. The molecule has 0 aliphatic carbocycles. The minimum Gasteiger partial charge on any atom is -0.459 e. The highest BCUT2D eigenvalue weighted by molar-refractivity contribution is 8.77. The van der Waals surface area contributed by atoms with E-state index in [-0.39, 0.29) is 80.1 Å². The minimum atomic E-state index is -3.00. The minimum absolute atomic E-state index is 0.0145. The lowest BCUT2D eigenvalue weighted by Gasteiger charge is -2.43. The van der Waals surface area contributed by atoms with Crippen LogP contribution in [0.15, 0.2) is 135 Å². The van der Waals surface area contributed by atoms with E-state index in [9.17, 15) is 47.9 Å². The SMILES string of the molecule is C#CCCCSSCOC1C[C@H](n2cc(C)c(=O)[nH]c2=O)O[C@@H]1CC.CC[C@H]1O[C@@H](n2cc(C)c(=O)[nH]c2=O)CC1OC(=O)CCN=[N+]=[N-].CC[C@H]1O[C@@H](n2cc(C)c(=O)[nH]c2=O)CC1OCSSCCCc1cn(CCC(=O)OC2C[C@@H](n3cc(C)c(=O)[nH]c3=O)O[C@H]2CO[Si](c2ccccc2)(c2ccccc2)C(C)(C)C)nn1. The molecule has 622 valence electrons. The second kappa shape index (κ2) is 43.6. The van der Waals surface area contributed by atoms with Gasteiger partial charge in [0.15, 0.2) is 0 Å². The first-order valence-electron chi connectivity index (χ1n) is 38.3. The molecule has 4 saturated heterocycles. The van der Waals surface area contributed by atoms with Crippen molar-refractivity contribution < 1.29 is 51.9 Å². The highest BCUT2D eigenvalue weighted by Crippen LogP contribution is 2.40. The Balaban J connectivity index is 0.000000250. The Morgan fingerprint density at radius 3 is 1.37 bits per heavy atom. The lowest BCUT2D eigenvalue weighted by atomic mass is 10.1. The van der Waals surface area contributed by atoms with E-state index in [1.54, 1.807) is 81.7 Å². The number of nitrogens with zero attached hydrogens (tertiary/aromatic N) is 10. The number of rotatable bonds is 35. The van der Waals surface area contributed by atoms with Gasteiger partial charge in [-0.1, -0.05) is 156 Å². The van der Waals surface area contributed by atoms with E-state index in [1.807, 2.05) is 63.4 Å². The van der Waals surface area contributed by atoms with Crippen molar-refractivity contribution in [2.75, 3.05) is 36.5 Å². The average molecular weight is 1680 g/mol. The monoisotopic (exact) mass is 1680 g/mol. The molecule has 33 nitrogen and oxygen atoms in total. The number of hydrogen-bond acceptors (Lipinski definition) is 26. The summed E-state index contributed by atoms with van der Waals surface area (Å²) >= 11 is 0. The topological polar surface area (TPSA) is 416 Å². The second-order valence-corrected chi connectivity index (χ2v) is 38.4. The maximum absolute atomic E-state index is 13.5. The van der Waals surface area contributed by atoms with Crippen molar-refractivity contribution in [3.63, 3.8) is 0 Å². The predicted molar refractivity (Wildman–Crippen MR) is 442 cm³/mol. The molecule has 0 spiro atoms. The third-order valence-corrected chi connectivity index (χ3v) is 29.1. The summed E-state index contributed by atoms with van der Waals surface area (Å²) in [4.78, 5) is 134. The number of hydrogen-bond donors (Lipinski definition) is 4. The van der Waals surface area contributed by atoms with Crippen molar-refractivity contribution >= 4 is 73.8 Å². The molecule has 4 aliphatic rings. The van der Waals surface area contributed by atoms with E-state index >= 15 is 0 Å². The summed E-state index contributed by atoms with van der Waals surface area (Å²) in [6.07, 6.45) is 15.1. The molecule has 0 bridgehead atoms. The molecule has 115 heavy (non-hydrogen) atoms. The van der Waals surface area contributed by atoms with Crippen molar-refractivity contribution in [2.24, 2.45) is 5.11 Å². The normalized spacial score (nSPS) is 21.8. The number of ether oxygens (including phenoxy) is 8. The molecule has 0 saturated carbocycles. The maximum Gasteiger partial charge on any atom is 0.330 e. The molecule has 2 aromatic carbocycles. The zero-order chi connectivity index (χ0) is 82.9. The summed E-state index contributed by atoms with van der Waals surface area (Å²) in [6, 6.07) is 20.4. The van der Waals surface area contributed by atoms with E-state index in [2.05, 4.69) is 91.2 Å². The second-order valence-electron chi connectivity index (χ2n) is 29.0. The smallest absolute Gasteiger partial charge is 0.330 e. The summed E-state index contributed by atoms with van der Waals surface area (Å²) < 4.78 is 62.3. The zero-order valence-electron chi connectivity index (χ0n) is 66.2. The van der Waals surface area contributed by atoms with Gasteiger partial charge in [-0.05, 0) is 87.2 Å². The molecule has 0 radical (unpaired) electrons. The molecule has 4 N–H and O–H groups in total. The average Bonchev–Trinajstić information content (AvgIpc) is 1.45. The first-order chi connectivity index (χ1) is 55.2. The largest absolute Gasteiger partial charge is 0.459 e. The van der Waals surface area contributed by atoms with E-state index in [0.29, 0.717) is 66.2 Å². The Labute approximate surface area is 680 Å². The Morgan fingerprint density at radius 1 is 0.574 bits per heavy atom. The molecule has 4 fully saturated rings. The van der Waals surface area contributed by atoms with Crippen LogP contribution in [-0.4, -0.2) is 159 Å². The van der Waals surface area contributed by atoms with E-state index in [1.165, 1.54) is 36.9 Å². The van der Waals surface area contributed by atoms with Gasteiger partial charge in [-0.15, -0.1) is 17.4 Å². The molecule has 7 aromatic rings. The zero-order valence-corrected chi connectivity index (χ0v) is 70.4. The van der Waals surface area contributed by atoms with Crippen LogP contribution < -0.4 is 55.4 Å². The highest BCUT2D eigenvalue weighted by Gasteiger charge is 2.52. The van der Waals surface area contributed by atoms with Crippen LogP contribution >= 0.6 is 43.2 Å². The number of unbranched alkanes of at least 4 members (excludes halogenated alkanes) is 1. The Morgan fingerprint density at radius 2 is 0.965 bits per heavy atom. The molecule has 4 aliphatic heterocycles. The number of nitrogens with one attached hydrogen (secondary N) is 4. The number of azide groups is 1. The number of aryl methyl sites for hydroxylation is 6. The number of aromatic amines is 4. The fraction of sp³-hybridized carbons (Fsp3) is 0.558. The maximum atomic E-state index is 13.5. The quantitative estimate of drug-likeness (QED) is 0.00333. The summed E-state index contributed by atoms with van der Waals surface area (Å²) in [7, 11) is 3.72. The molecule has 0 amide bonds. The summed E-state index contributed by atoms with van der Waals surface area (Å²) in [5.74, 6) is 4.58. The summed E-state index contributed by atoms with van der Waals surface area (Å²) in [5, 5.41) is 13.7. The van der Waals surface area contributed by atoms with E-state index in [0.717, 1.165) is 59.7 Å². The molecule has 9 heterocycles. The van der Waals surface area contributed by atoms with Crippen molar-refractivity contribution in [2.45, 2.75) is 238 Å². The Bertz CT molecular complexity index is 4940. The third kappa shape index (κ3) is 24.5. The predicted octanol–water partition coefficient (Wildman–Crippen LogP) is 8.35. The molecule has 11 rings (SSSR count). The van der Waals surface area contributed by atoms with Gasteiger partial charge >= 0.3 is 34.7 Å².